The largest absolute Gasteiger partial charge is 0.489 e. The number of hydrogen-bond donors (Lipinski definition) is 1. The normalized spacial score (nSPS) is 10.8. The predicted molar refractivity (Wildman–Crippen MR) is 109 cm³/mol. The zero-order chi connectivity index (χ0) is 19.6. The number of carbonyl (C=O) groups excluding carboxylic acids is 1. The lowest BCUT2D eigenvalue weighted by Gasteiger charge is -2.14. The van der Waals surface area contributed by atoms with Crippen LogP contribution in [0.15, 0.2) is 60.2 Å². The van der Waals surface area contributed by atoms with E-state index >= 15 is 0 Å². The summed E-state index contributed by atoms with van der Waals surface area (Å²) in [5.41, 5.74) is 5.40. The first kappa shape index (κ1) is 20.2. The van der Waals surface area contributed by atoms with Crippen molar-refractivity contribution in [2.24, 2.45) is 5.10 Å². The van der Waals surface area contributed by atoms with Crippen molar-refractivity contribution in [3.05, 3.63) is 71.8 Å². The molecule has 0 heterocycles. The van der Waals surface area contributed by atoms with Crippen LogP contribution < -0.4 is 14.9 Å². The van der Waals surface area contributed by atoms with Crippen molar-refractivity contribution in [2.75, 3.05) is 13.2 Å². The summed E-state index contributed by atoms with van der Waals surface area (Å²) in [6, 6.07) is 13.4. The molecule has 5 nitrogen and oxygen atoms in total. The first-order chi connectivity index (χ1) is 13.0. The fourth-order valence-electron chi connectivity index (χ4n) is 2.46. The lowest BCUT2D eigenvalue weighted by atomic mass is 10.0. The van der Waals surface area contributed by atoms with E-state index < -0.39 is 0 Å². The Bertz CT molecular complexity index is 813. The van der Waals surface area contributed by atoms with E-state index in [4.69, 9.17) is 9.47 Å². The molecule has 1 N–H and O–H groups in total. The van der Waals surface area contributed by atoms with Gasteiger partial charge in [-0.25, -0.2) is 5.43 Å². The summed E-state index contributed by atoms with van der Waals surface area (Å²) >= 11 is 0. The molecule has 0 spiro atoms. The molecule has 142 valence electrons. The average molecular weight is 366 g/mol. The third-order valence-electron chi connectivity index (χ3n) is 3.82. The Morgan fingerprint density at radius 3 is 2.70 bits per heavy atom. The average Bonchev–Trinajstić information content (AvgIpc) is 2.65. The van der Waals surface area contributed by atoms with Crippen LogP contribution in [-0.2, 0) is 4.79 Å². The third-order valence-corrected chi connectivity index (χ3v) is 3.82. The Morgan fingerprint density at radius 1 is 1.19 bits per heavy atom. The number of hydrazone groups is 1. The van der Waals surface area contributed by atoms with E-state index in [1.54, 1.807) is 12.3 Å². The van der Waals surface area contributed by atoms with Crippen LogP contribution in [-0.4, -0.2) is 25.3 Å². The second kappa shape index (κ2) is 10.2. The lowest BCUT2D eigenvalue weighted by Crippen LogP contribution is -2.25. The van der Waals surface area contributed by atoms with Gasteiger partial charge in [0.15, 0.2) is 6.61 Å². The number of benzene rings is 2. The molecule has 0 aliphatic carbocycles. The molecule has 0 fully saturated rings. The van der Waals surface area contributed by atoms with Crippen LogP contribution in [0.3, 0.4) is 0 Å². The molecule has 0 saturated heterocycles. The van der Waals surface area contributed by atoms with Gasteiger partial charge in [-0.3, -0.25) is 4.79 Å². The molecule has 0 aliphatic rings. The van der Waals surface area contributed by atoms with Crippen LogP contribution in [0.4, 0.5) is 0 Å². The Kier molecular flexibility index (Phi) is 7.62. The quantitative estimate of drug-likeness (QED) is 0.411. The highest BCUT2D eigenvalue weighted by Crippen LogP contribution is 2.27. The fourth-order valence-corrected chi connectivity index (χ4v) is 2.46. The smallest absolute Gasteiger partial charge is 0.277 e. The molecule has 2 aromatic rings. The Hall–Kier alpha value is -3.08. The molecule has 0 aromatic heterocycles. The van der Waals surface area contributed by atoms with E-state index in [9.17, 15) is 4.79 Å². The molecule has 5 heteroatoms. The van der Waals surface area contributed by atoms with Crippen LogP contribution in [0.2, 0.25) is 0 Å². The summed E-state index contributed by atoms with van der Waals surface area (Å²) in [5, 5.41) is 3.99. The van der Waals surface area contributed by atoms with Crippen molar-refractivity contribution >= 4 is 12.1 Å². The number of carbonyl (C=O) groups is 1. The van der Waals surface area contributed by atoms with Gasteiger partial charge in [0.25, 0.3) is 5.91 Å². The number of amides is 1. The fraction of sp³-hybridized carbons (Fsp3) is 0.273. The van der Waals surface area contributed by atoms with Crippen molar-refractivity contribution in [3.8, 4) is 11.5 Å². The number of nitrogens with zero attached hydrogens (tertiary/aromatic N) is 1. The van der Waals surface area contributed by atoms with E-state index in [-0.39, 0.29) is 12.5 Å². The van der Waals surface area contributed by atoms with Crippen LogP contribution in [0, 0.1) is 6.92 Å². The highest BCUT2D eigenvalue weighted by atomic mass is 16.5. The van der Waals surface area contributed by atoms with Gasteiger partial charge in [-0.1, -0.05) is 50.8 Å². The van der Waals surface area contributed by atoms with Gasteiger partial charge in [-0.2, -0.15) is 5.10 Å². The molecule has 0 aliphatic heterocycles. The van der Waals surface area contributed by atoms with Crippen molar-refractivity contribution in [1.29, 1.82) is 0 Å². The molecule has 0 saturated carbocycles. The van der Waals surface area contributed by atoms with E-state index in [0.29, 0.717) is 18.3 Å². The van der Waals surface area contributed by atoms with Gasteiger partial charge >= 0.3 is 0 Å². The topological polar surface area (TPSA) is 59.9 Å². The van der Waals surface area contributed by atoms with Gasteiger partial charge < -0.3 is 9.47 Å². The van der Waals surface area contributed by atoms with E-state index in [1.807, 2.05) is 49.4 Å². The van der Waals surface area contributed by atoms with E-state index in [0.717, 1.165) is 22.4 Å². The van der Waals surface area contributed by atoms with Crippen molar-refractivity contribution < 1.29 is 14.3 Å². The molecule has 0 radical (unpaired) electrons. The molecular weight excluding hydrogens is 340 g/mol. The summed E-state index contributed by atoms with van der Waals surface area (Å²) in [5.74, 6) is 1.39. The van der Waals surface area contributed by atoms with Crippen LogP contribution in [0.25, 0.3) is 0 Å². The number of nitrogens with one attached hydrogen (secondary N) is 1. The summed E-state index contributed by atoms with van der Waals surface area (Å²) in [7, 11) is 0. The zero-order valence-corrected chi connectivity index (χ0v) is 16.1. The number of hydrogen-bond acceptors (Lipinski definition) is 4. The van der Waals surface area contributed by atoms with Crippen LogP contribution in [0.1, 0.15) is 36.5 Å². The zero-order valence-electron chi connectivity index (χ0n) is 16.1. The SMILES string of the molecule is C=CCOc1ccccc1/C=N\NC(=O)COc1cc(C)ccc1C(C)C. The Morgan fingerprint density at radius 2 is 1.96 bits per heavy atom. The van der Waals surface area contributed by atoms with Gasteiger partial charge in [-0.05, 0) is 42.2 Å². The molecule has 2 aromatic carbocycles. The molecule has 0 bridgehead atoms. The van der Waals surface area contributed by atoms with Crippen LogP contribution >= 0.6 is 0 Å². The molecule has 27 heavy (non-hydrogen) atoms. The maximum atomic E-state index is 12.0. The lowest BCUT2D eigenvalue weighted by molar-refractivity contribution is -0.123. The van der Waals surface area contributed by atoms with Gasteiger partial charge in [0, 0.05) is 5.56 Å². The first-order valence-electron chi connectivity index (χ1n) is 8.89. The minimum absolute atomic E-state index is 0.102. The summed E-state index contributed by atoms with van der Waals surface area (Å²) < 4.78 is 11.2. The Labute approximate surface area is 160 Å². The number of rotatable bonds is 9. The summed E-state index contributed by atoms with van der Waals surface area (Å²) in [6.07, 6.45) is 3.21. The monoisotopic (exact) mass is 366 g/mol. The highest BCUT2D eigenvalue weighted by Gasteiger charge is 2.10. The minimum atomic E-state index is -0.327. The molecule has 0 unspecified atom stereocenters. The number of para-hydroxylation sites is 1. The van der Waals surface area contributed by atoms with Crippen molar-refractivity contribution in [2.45, 2.75) is 26.7 Å². The van der Waals surface area contributed by atoms with Crippen LogP contribution in [0.5, 0.6) is 11.5 Å². The third kappa shape index (κ3) is 6.29. The predicted octanol–water partition coefficient (Wildman–Crippen LogP) is 4.21. The van der Waals surface area contributed by atoms with Gasteiger partial charge in [-0.15, -0.1) is 0 Å². The van der Waals surface area contributed by atoms with Crippen molar-refractivity contribution in [1.82, 2.24) is 5.43 Å². The number of aryl methyl sites for hydroxylation is 1. The molecular formula is C22H26N2O3. The maximum absolute atomic E-state index is 12.0. The highest BCUT2D eigenvalue weighted by molar-refractivity contribution is 5.85. The summed E-state index contributed by atoms with van der Waals surface area (Å²) in [6.45, 7) is 10.1. The Balaban J connectivity index is 1.93. The molecule has 0 atom stereocenters. The minimum Gasteiger partial charge on any atom is -0.489 e. The van der Waals surface area contributed by atoms with Gasteiger partial charge in [0.2, 0.25) is 0 Å². The number of ether oxygens (including phenoxy) is 2. The van der Waals surface area contributed by atoms with E-state index in [1.165, 1.54) is 0 Å². The van der Waals surface area contributed by atoms with Crippen molar-refractivity contribution in [3.63, 3.8) is 0 Å². The first-order valence-corrected chi connectivity index (χ1v) is 8.89. The summed E-state index contributed by atoms with van der Waals surface area (Å²) in [4.78, 5) is 12.0. The van der Waals surface area contributed by atoms with E-state index in [2.05, 4.69) is 31.0 Å². The van der Waals surface area contributed by atoms with Gasteiger partial charge in [0.05, 0.1) is 6.21 Å². The second-order valence-corrected chi connectivity index (χ2v) is 6.42. The molecule has 1 amide bonds. The standard InChI is InChI=1S/C22H26N2O3/c1-5-12-26-20-9-7-6-8-18(20)14-23-24-22(25)15-27-21-13-17(4)10-11-19(21)16(2)3/h5-11,13-14,16H,1,12,15H2,2-4H3,(H,24,25)/b23-14-. The second-order valence-electron chi connectivity index (χ2n) is 6.42. The molecule has 2 rings (SSSR count). The van der Waals surface area contributed by atoms with Gasteiger partial charge in [0.1, 0.15) is 18.1 Å². The maximum Gasteiger partial charge on any atom is 0.277 e.